The number of fused-ring (bicyclic) bond motifs is 2. The number of aliphatic hydroxyl groups is 1. The number of hydrogen-bond acceptors (Lipinski definition) is 3. The van der Waals surface area contributed by atoms with E-state index >= 15 is 0 Å². The van der Waals surface area contributed by atoms with Gasteiger partial charge in [-0.05, 0) is 73.6 Å². The van der Waals surface area contributed by atoms with E-state index in [-0.39, 0.29) is 31.6 Å². The number of aliphatic hydroxyl groups excluding tert-OH is 1. The first-order valence-corrected chi connectivity index (χ1v) is 16.5. The van der Waals surface area contributed by atoms with Crippen LogP contribution in [0.4, 0.5) is 13.2 Å². The second-order valence-corrected chi connectivity index (χ2v) is 13.7. The molecule has 7 heteroatoms. The van der Waals surface area contributed by atoms with Crippen molar-refractivity contribution in [2.75, 3.05) is 0 Å². The molecule has 0 aliphatic heterocycles. The number of carbonyl (C=O) groups excluding carboxylic acids is 1. The maximum atomic E-state index is 11.8. The first-order chi connectivity index (χ1) is 21.6. The molecule has 255 valence electrons. The molecule has 1 heterocycles. The van der Waals surface area contributed by atoms with Gasteiger partial charge in [-0.3, -0.25) is 9.78 Å². The van der Waals surface area contributed by atoms with Gasteiger partial charge >= 0.3 is 6.18 Å². The Balaban J connectivity index is 0.000000342. The van der Waals surface area contributed by atoms with Crippen LogP contribution in [0.2, 0.25) is 0 Å². The Labute approximate surface area is 291 Å². The summed E-state index contributed by atoms with van der Waals surface area (Å²) < 4.78 is 35.4. The van der Waals surface area contributed by atoms with Crippen LogP contribution >= 0.6 is 0 Å². The SMILES string of the molecule is CCC(CC)C(=O)/C=C(\O)C(F)(F)F.Cc1cc(C)c2c(C3CCCCC3)cc(-c3[c-]c4ccccc4c(C(C)(C)C)c3)nc2c1.[Ir]. The van der Waals surface area contributed by atoms with Crippen molar-refractivity contribution in [2.45, 2.75) is 111 Å². The first-order valence-electron chi connectivity index (χ1n) is 16.5. The van der Waals surface area contributed by atoms with Crippen LogP contribution in [-0.2, 0) is 30.3 Å². The van der Waals surface area contributed by atoms with Crippen LogP contribution in [0, 0.1) is 25.8 Å². The van der Waals surface area contributed by atoms with Crippen LogP contribution in [0.25, 0.3) is 32.9 Å². The van der Waals surface area contributed by atoms with Crippen LogP contribution in [0.1, 0.15) is 108 Å². The number of ketones is 1. The van der Waals surface area contributed by atoms with E-state index < -0.39 is 23.6 Å². The third kappa shape index (κ3) is 9.32. The number of carbonyl (C=O) groups is 1. The Bertz CT molecular complexity index is 1730. The molecule has 0 saturated heterocycles. The minimum Gasteiger partial charge on any atom is -0.504 e. The summed E-state index contributed by atoms with van der Waals surface area (Å²) in [5.74, 6) is -2.31. The summed E-state index contributed by atoms with van der Waals surface area (Å²) in [6.07, 6.45) is 3.00. The van der Waals surface area contributed by atoms with Gasteiger partial charge in [0.1, 0.15) is 0 Å². The normalized spacial score (nSPS) is 14.6. The summed E-state index contributed by atoms with van der Waals surface area (Å²) in [5, 5.41) is 12.4. The molecule has 1 radical (unpaired) electrons. The van der Waals surface area contributed by atoms with Gasteiger partial charge in [-0.15, -0.1) is 29.1 Å². The molecule has 0 unspecified atom stereocenters. The molecule has 5 rings (SSSR count). The molecule has 47 heavy (non-hydrogen) atoms. The van der Waals surface area contributed by atoms with Gasteiger partial charge < -0.3 is 5.11 Å². The van der Waals surface area contributed by atoms with Gasteiger partial charge in [0.25, 0.3) is 0 Å². The molecule has 0 atom stereocenters. The molecular weight excluding hydrogens is 776 g/mol. The summed E-state index contributed by atoms with van der Waals surface area (Å²) in [5.41, 5.74) is 8.89. The van der Waals surface area contributed by atoms with Gasteiger partial charge in [0, 0.05) is 43.2 Å². The zero-order chi connectivity index (χ0) is 33.8. The number of allylic oxidation sites excluding steroid dienone is 2. The Hall–Kier alpha value is -3.02. The average molecular weight is 823 g/mol. The summed E-state index contributed by atoms with van der Waals surface area (Å²) >= 11 is 0. The topological polar surface area (TPSA) is 50.2 Å². The Kier molecular flexibility index (Phi) is 13.0. The van der Waals surface area contributed by atoms with Gasteiger partial charge in [-0.1, -0.05) is 95.2 Å². The smallest absolute Gasteiger partial charge is 0.448 e. The van der Waals surface area contributed by atoms with E-state index in [4.69, 9.17) is 10.1 Å². The maximum Gasteiger partial charge on any atom is 0.448 e. The van der Waals surface area contributed by atoms with Crippen molar-refractivity contribution in [3.05, 3.63) is 88.7 Å². The number of hydrogen-bond donors (Lipinski definition) is 1. The maximum absolute atomic E-state index is 11.8. The summed E-state index contributed by atoms with van der Waals surface area (Å²) in [6.45, 7) is 14.8. The van der Waals surface area contributed by atoms with Gasteiger partial charge in [0.05, 0.1) is 5.52 Å². The number of pyridine rings is 1. The van der Waals surface area contributed by atoms with E-state index in [0.717, 1.165) is 16.8 Å². The third-order valence-electron chi connectivity index (χ3n) is 9.14. The number of aromatic nitrogens is 1. The van der Waals surface area contributed by atoms with Crippen LogP contribution in [-0.4, -0.2) is 22.1 Å². The van der Waals surface area contributed by atoms with Crippen molar-refractivity contribution in [1.29, 1.82) is 0 Å². The fourth-order valence-electron chi connectivity index (χ4n) is 6.68. The number of halogens is 3. The number of alkyl halides is 3. The summed E-state index contributed by atoms with van der Waals surface area (Å²) in [4.78, 5) is 16.3. The monoisotopic (exact) mass is 823 g/mol. The molecule has 0 bridgehead atoms. The zero-order valence-electron chi connectivity index (χ0n) is 28.6. The van der Waals surface area contributed by atoms with Gasteiger partial charge in [0.15, 0.2) is 5.78 Å². The van der Waals surface area contributed by atoms with Crippen LogP contribution in [0.15, 0.2) is 60.4 Å². The van der Waals surface area contributed by atoms with E-state index in [0.29, 0.717) is 18.8 Å². The molecule has 1 saturated carbocycles. The molecule has 1 aliphatic carbocycles. The van der Waals surface area contributed by atoms with Gasteiger partial charge in [-0.25, -0.2) is 0 Å². The molecule has 4 aromatic rings. The predicted octanol–water partition coefficient (Wildman–Crippen LogP) is 11.8. The van der Waals surface area contributed by atoms with Crippen molar-refractivity contribution in [3.8, 4) is 11.3 Å². The van der Waals surface area contributed by atoms with Crippen LogP contribution in [0.5, 0.6) is 0 Å². The second-order valence-electron chi connectivity index (χ2n) is 13.7. The van der Waals surface area contributed by atoms with Crippen molar-refractivity contribution >= 4 is 27.5 Å². The van der Waals surface area contributed by atoms with E-state index in [9.17, 15) is 18.0 Å². The predicted molar refractivity (Wildman–Crippen MR) is 183 cm³/mol. The van der Waals surface area contributed by atoms with Crippen LogP contribution in [0.3, 0.4) is 0 Å². The summed E-state index contributed by atoms with van der Waals surface area (Å²) in [6, 6.07) is 21.7. The van der Waals surface area contributed by atoms with E-state index in [2.05, 4.69) is 89.2 Å². The zero-order valence-corrected chi connectivity index (χ0v) is 31.0. The standard InChI is InChI=1S/C31H34N.C9H13F3O2.Ir/c1-20-15-21(2)30-26(22-11-7-6-8-12-22)19-28(32-29(30)16-20)24-17-23-13-9-10-14-25(23)27(18-24)31(3,4)5;1-3-6(4-2)7(13)5-8(14)9(10,11)12;/h9-10,13-16,18-19,22H,6-8,11-12H2,1-5H3;5-6,14H,3-4H2,1-2H3;/q-1;;/b;8-5-;. The quantitative estimate of drug-likeness (QED) is 0.120. The molecule has 1 aromatic heterocycles. The summed E-state index contributed by atoms with van der Waals surface area (Å²) in [7, 11) is 0. The van der Waals surface area contributed by atoms with Crippen molar-refractivity contribution in [3.63, 3.8) is 0 Å². The average Bonchev–Trinajstić information content (AvgIpc) is 3.00. The fraction of sp³-hybridized carbons (Fsp3) is 0.450. The largest absolute Gasteiger partial charge is 0.504 e. The van der Waals surface area contributed by atoms with Crippen molar-refractivity contribution in [1.82, 2.24) is 4.98 Å². The molecule has 0 amide bonds. The molecule has 1 N–H and O–H groups in total. The van der Waals surface area contributed by atoms with Crippen LogP contribution < -0.4 is 0 Å². The van der Waals surface area contributed by atoms with Crippen molar-refractivity contribution < 1.29 is 43.2 Å². The minimum atomic E-state index is -4.83. The molecule has 3 aromatic carbocycles. The minimum absolute atomic E-state index is 0. The second kappa shape index (κ2) is 15.9. The number of benzene rings is 3. The van der Waals surface area contributed by atoms with E-state index in [1.807, 2.05) is 0 Å². The number of rotatable bonds is 6. The van der Waals surface area contributed by atoms with E-state index in [1.54, 1.807) is 13.8 Å². The molecule has 3 nitrogen and oxygen atoms in total. The number of aryl methyl sites for hydroxylation is 2. The first kappa shape index (κ1) is 38.4. The van der Waals surface area contributed by atoms with Crippen molar-refractivity contribution in [2.24, 2.45) is 5.92 Å². The molecular formula is C40H47F3IrNO2-. The Morgan fingerprint density at radius 2 is 1.64 bits per heavy atom. The third-order valence-corrected chi connectivity index (χ3v) is 9.14. The Morgan fingerprint density at radius 3 is 2.23 bits per heavy atom. The fourth-order valence-corrected chi connectivity index (χ4v) is 6.68. The molecule has 1 aliphatic rings. The van der Waals surface area contributed by atoms with Gasteiger partial charge in [-0.2, -0.15) is 13.2 Å². The molecule has 1 fully saturated rings. The van der Waals surface area contributed by atoms with Gasteiger partial charge in [0.2, 0.25) is 5.76 Å². The van der Waals surface area contributed by atoms with E-state index in [1.165, 1.54) is 70.5 Å². The number of nitrogens with zero attached hydrogens (tertiary/aromatic N) is 1. The molecule has 0 spiro atoms. The Morgan fingerprint density at radius 1 is 1.00 bits per heavy atom.